The molecule has 0 fully saturated rings. The summed E-state index contributed by atoms with van der Waals surface area (Å²) in [6, 6.07) is 6.17. The van der Waals surface area contributed by atoms with E-state index in [1.807, 2.05) is 11.4 Å². The van der Waals surface area contributed by atoms with Crippen molar-refractivity contribution in [3.63, 3.8) is 0 Å². The Balaban J connectivity index is 2.24. The van der Waals surface area contributed by atoms with E-state index < -0.39 is 0 Å². The molecule has 1 heterocycles. The first kappa shape index (κ1) is 15.4. The number of benzene rings is 1. The zero-order valence-corrected chi connectivity index (χ0v) is 13.5. The number of anilines is 1. The van der Waals surface area contributed by atoms with Crippen LogP contribution in [-0.2, 0) is 0 Å². The molecular weight excluding hydrogens is 284 g/mol. The Kier molecular flexibility index (Phi) is 4.90. The molecular formula is C15H20N4OS. The fourth-order valence-electron chi connectivity index (χ4n) is 2.31. The lowest BCUT2D eigenvalue weighted by molar-refractivity contribution is 0.475. The average molecular weight is 304 g/mol. The largest absolute Gasteiger partial charge is 0.506 e. The number of rotatable bonds is 5. The van der Waals surface area contributed by atoms with Gasteiger partial charge in [-0.3, -0.25) is 0 Å². The van der Waals surface area contributed by atoms with Gasteiger partial charge in [-0.1, -0.05) is 0 Å². The van der Waals surface area contributed by atoms with Crippen molar-refractivity contribution < 1.29 is 5.11 Å². The lowest BCUT2D eigenvalue weighted by Gasteiger charge is -2.33. The predicted molar refractivity (Wildman–Crippen MR) is 87.1 cm³/mol. The monoisotopic (exact) mass is 304 g/mol. The van der Waals surface area contributed by atoms with Crippen LogP contribution < -0.4 is 4.90 Å². The molecule has 6 heteroatoms. The second kappa shape index (κ2) is 6.67. The molecule has 0 saturated heterocycles. The molecule has 2 rings (SSSR count). The molecule has 2 aromatic rings. The first-order valence-electron chi connectivity index (χ1n) is 6.91. The summed E-state index contributed by atoms with van der Waals surface area (Å²) >= 11 is 1.40. The smallest absolute Gasteiger partial charge is 0.229 e. The number of aromatic nitrogens is 1. The summed E-state index contributed by atoms with van der Waals surface area (Å²) in [7, 11) is 0. The summed E-state index contributed by atoms with van der Waals surface area (Å²) in [6.07, 6.45) is 1.67. The van der Waals surface area contributed by atoms with Gasteiger partial charge in [0.25, 0.3) is 0 Å². The molecule has 1 N–H and O–H groups in total. The van der Waals surface area contributed by atoms with Crippen molar-refractivity contribution in [2.75, 3.05) is 4.90 Å². The second-order valence-electron chi connectivity index (χ2n) is 5.28. The molecule has 0 aliphatic carbocycles. The van der Waals surface area contributed by atoms with Gasteiger partial charge in [0.1, 0.15) is 11.4 Å². The van der Waals surface area contributed by atoms with E-state index in [0.29, 0.717) is 22.9 Å². The Morgan fingerprint density at radius 3 is 2.38 bits per heavy atom. The molecule has 0 amide bonds. The van der Waals surface area contributed by atoms with Gasteiger partial charge < -0.3 is 10.0 Å². The molecule has 0 bridgehead atoms. The zero-order chi connectivity index (χ0) is 15.4. The molecule has 0 aliphatic rings. The highest BCUT2D eigenvalue weighted by Gasteiger charge is 2.15. The third-order valence-corrected chi connectivity index (χ3v) is 3.69. The van der Waals surface area contributed by atoms with Crippen molar-refractivity contribution >= 4 is 27.8 Å². The minimum atomic E-state index is 0.124. The van der Waals surface area contributed by atoms with Crippen molar-refractivity contribution in [2.45, 2.75) is 39.8 Å². The van der Waals surface area contributed by atoms with Crippen molar-refractivity contribution in [2.24, 2.45) is 10.2 Å². The number of phenols is 1. The molecule has 5 nitrogen and oxygen atoms in total. The first-order valence-corrected chi connectivity index (χ1v) is 7.79. The summed E-state index contributed by atoms with van der Waals surface area (Å²) in [4.78, 5) is 6.26. The number of nitrogens with zero attached hydrogens (tertiary/aromatic N) is 4. The number of hydrogen-bond donors (Lipinski definition) is 1. The SMILES string of the molecule is CC(C)N(c1ccc(N=Nc2nccs2)c(O)c1)C(C)C. The van der Waals surface area contributed by atoms with E-state index in [9.17, 15) is 5.11 Å². The highest BCUT2D eigenvalue weighted by Crippen LogP contribution is 2.33. The molecule has 112 valence electrons. The molecule has 0 saturated carbocycles. The van der Waals surface area contributed by atoms with Crippen LogP contribution >= 0.6 is 11.3 Å². The molecule has 0 spiro atoms. The first-order chi connectivity index (χ1) is 9.99. The summed E-state index contributed by atoms with van der Waals surface area (Å²) in [5.74, 6) is 0.124. The van der Waals surface area contributed by atoms with E-state index in [2.05, 4.69) is 47.8 Å². The topological polar surface area (TPSA) is 61.1 Å². The molecule has 0 unspecified atom stereocenters. The number of thiazole rings is 1. The number of phenolic OH excluding ortho intramolecular Hbond substituents is 1. The normalized spacial score (nSPS) is 11.7. The highest BCUT2D eigenvalue weighted by atomic mass is 32.1. The van der Waals surface area contributed by atoms with Crippen molar-refractivity contribution in [3.8, 4) is 5.75 Å². The Labute approximate surface area is 129 Å². The lowest BCUT2D eigenvalue weighted by Crippen LogP contribution is -2.36. The summed E-state index contributed by atoms with van der Waals surface area (Å²) < 4.78 is 0. The van der Waals surface area contributed by atoms with Crippen LogP contribution in [-0.4, -0.2) is 22.2 Å². The number of azo groups is 1. The molecule has 1 aromatic heterocycles. The quantitative estimate of drug-likeness (QED) is 0.800. The Hall–Kier alpha value is -1.95. The van der Waals surface area contributed by atoms with Gasteiger partial charge in [-0.25, -0.2) is 4.98 Å². The van der Waals surface area contributed by atoms with Gasteiger partial charge in [-0.2, -0.15) is 0 Å². The molecule has 0 atom stereocenters. The fourth-order valence-corrected chi connectivity index (χ4v) is 2.76. The maximum atomic E-state index is 10.1. The average Bonchev–Trinajstić information content (AvgIpc) is 2.90. The second-order valence-corrected chi connectivity index (χ2v) is 6.16. The van der Waals surface area contributed by atoms with Gasteiger partial charge in [0.2, 0.25) is 5.13 Å². The van der Waals surface area contributed by atoms with Crippen LogP contribution in [0.25, 0.3) is 0 Å². The standard InChI is InChI=1S/C15H20N4OS/c1-10(2)19(11(3)4)12-5-6-13(14(20)9-12)17-18-15-16-7-8-21-15/h5-11,20H,1-4H3. The van der Waals surface area contributed by atoms with E-state index >= 15 is 0 Å². The third kappa shape index (κ3) is 3.78. The maximum Gasteiger partial charge on any atom is 0.229 e. The van der Waals surface area contributed by atoms with Crippen LogP contribution in [0.5, 0.6) is 5.75 Å². The van der Waals surface area contributed by atoms with Gasteiger partial charge in [-0.05, 0) is 39.8 Å². The van der Waals surface area contributed by atoms with Crippen molar-refractivity contribution in [1.29, 1.82) is 0 Å². The Bertz CT molecular complexity index is 600. The zero-order valence-electron chi connectivity index (χ0n) is 12.7. The molecule has 1 aromatic carbocycles. The van der Waals surface area contributed by atoms with Gasteiger partial charge in [0.05, 0.1) is 0 Å². The summed E-state index contributed by atoms with van der Waals surface area (Å²) in [6.45, 7) is 8.53. The van der Waals surface area contributed by atoms with Crippen LogP contribution in [0.4, 0.5) is 16.5 Å². The summed E-state index contributed by atoms with van der Waals surface area (Å²) in [5, 5.41) is 20.6. The minimum Gasteiger partial charge on any atom is -0.506 e. The number of aromatic hydroxyl groups is 1. The molecule has 21 heavy (non-hydrogen) atoms. The van der Waals surface area contributed by atoms with E-state index in [4.69, 9.17) is 0 Å². The maximum absolute atomic E-state index is 10.1. The van der Waals surface area contributed by atoms with E-state index in [0.717, 1.165) is 5.69 Å². The number of hydrogen-bond acceptors (Lipinski definition) is 6. The van der Waals surface area contributed by atoms with E-state index in [1.54, 1.807) is 18.3 Å². The van der Waals surface area contributed by atoms with Crippen LogP contribution in [0.3, 0.4) is 0 Å². The summed E-state index contributed by atoms with van der Waals surface area (Å²) in [5.41, 5.74) is 1.42. The Morgan fingerprint density at radius 2 is 1.86 bits per heavy atom. The van der Waals surface area contributed by atoms with Gasteiger partial charge in [-0.15, -0.1) is 21.6 Å². The van der Waals surface area contributed by atoms with Crippen LogP contribution in [0.2, 0.25) is 0 Å². The molecule has 0 aliphatic heterocycles. The predicted octanol–water partition coefficient (Wildman–Crippen LogP) is 4.89. The van der Waals surface area contributed by atoms with Crippen LogP contribution in [0.1, 0.15) is 27.7 Å². The highest BCUT2D eigenvalue weighted by molar-refractivity contribution is 7.13. The van der Waals surface area contributed by atoms with Gasteiger partial charge >= 0.3 is 0 Å². The van der Waals surface area contributed by atoms with Gasteiger partial charge in [0.15, 0.2) is 0 Å². The minimum absolute atomic E-state index is 0.124. The van der Waals surface area contributed by atoms with Crippen molar-refractivity contribution in [3.05, 3.63) is 29.8 Å². The Morgan fingerprint density at radius 1 is 1.14 bits per heavy atom. The lowest BCUT2D eigenvalue weighted by atomic mass is 10.1. The van der Waals surface area contributed by atoms with Crippen molar-refractivity contribution in [1.82, 2.24) is 4.98 Å². The van der Waals surface area contributed by atoms with Crippen LogP contribution in [0, 0.1) is 0 Å². The van der Waals surface area contributed by atoms with E-state index in [1.165, 1.54) is 11.3 Å². The fraction of sp³-hybridized carbons (Fsp3) is 0.400. The molecule has 0 radical (unpaired) electrons. The van der Waals surface area contributed by atoms with E-state index in [-0.39, 0.29) is 5.75 Å². The third-order valence-electron chi connectivity index (χ3n) is 3.03. The van der Waals surface area contributed by atoms with Gasteiger partial charge in [0, 0.05) is 35.4 Å². The van der Waals surface area contributed by atoms with Crippen LogP contribution in [0.15, 0.2) is 40.0 Å².